The van der Waals surface area contributed by atoms with Crippen LogP contribution >= 0.6 is 0 Å². The van der Waals surface area contributed by atoms with Crippen LogP contribution in [0.5, 0.6) is 0 Å². The lowest BCUT2D eigenvalue weighted by atomic mass is 9.96. The van der Waals surface area contributed by atoms with E-state index in [1.165, 1.54) is 9.21 Å². The molecule has 3 heterocycles. The van der Waals surface area contributed by atoms with E-state index in [0.717, 1.165) is 57.2 Å². The van der Waals surface area contributed by atoms with E-state index in [1.807, 2.05) is 6.07 Å². The van der Waals surface area contributed by atoms with Gasteiger partial charge < -0.3 is 10.2 Å². The summed E-state index contributed by atoms with van der Waals surface area (Å²) in [6.07, 6.45) is 6.42. The second-order valence-electron chi connectivity index (χ2n) is 8.73. The van der Waals surface area contributed by atoms with Crippen LogP contribution in [0.3, 0.4) is 0 Å². The third-order valence-electron chi connectivity index (χ3n) is 6.55. The zero-order valence-corrected chi connectivity index (χ0v) is 17.9. The Morgan fingerprint density at radius 2 is 1.73 bits per heavy atom. The number of amides is 2. The zero-order valence-electron chi connectivity index (χ0n) is 17.0. The molecule has 162 valence electrons. The van der Waals surface area contributed by atoms with Gasteiger partial charge in [0.2, 0.25) is 21.8 Å². The van der Waals surface area contributed by atoms with Crippen molar-refractivity contribution in [1.29, 1.82) is 0 Å². The van der Waals surface area contributed by atoms with Gasteiger partial charge in [-0.05, 0) is 63.1 Å². The summed E-state index contributed by atoms with van der Waals surface area (Å²) in [7, 11) is -3.60. The molecule has 0 spiro atoms. The Kier molecular flexibility index (Phi) is 4.97. The lowest BCUT2D eigenvalue weighted by Crippen LogP contribution is -2.57. The molecule has 30 heavy (non-hydrogen) atoms. The van der Waals surface area contributed by atoms with Gasteiger partial charge >= 0.3 is 0 Å². The van der Waals surface area contributed by atoms with Crippen LogP contribution < -0.4 is 15.1 Å². The van der Waals surface area contributed by atoms with Crippen molar-refractivity contribution in [3.05, 3.63) is 18.2 Å². The number of benzene rings is 1. The highest BCUT2D eigenvalue weighted by atomic mass is 32.2. The van der Waals surface area contributed by atoms with Crippen molar-refractivity contribution in [2.75, 3.05) is 36.0 Å². The van der Waals surface area contributed by atoms with Gasteiger partial charge in [-0.3, -0.25) is 14.5 Å². The molecule has 5 rings (SSSR count). The molecule has 1 aromatic rings. The van der Waals surface area contributed by atoms with Crippen LogP contribution in [0.2, 0.25) is 0 Å². The Labute approximate surface area is 177 Å². The summed E-state index contributed by atoms with van der Waals surface area (Å²) in [5.41, 5.74) is 1.38. The van der Waals surface area contributed by atoms with E-state index in [1.54, 1.807) is 12.1 Å². The average molecular weight is 433 g/mol. The Morgan fingerprint density at radius 1 is 1.00 bits per heavy atom. The molecule has 3 fully saturated rings. The molecule has 2 saturated heterocycles. The molecule has 0 bridgehead atoms. The van der Waals surface area contributed by atoms with Crippen molar-refractivity contribution in [3.8, 4) is 0 Å². The van der Waals surface area contributed by atoms with Crippen LogP contribution in [0.4, 0.5) is 11.4 Å². The van der Waals surface area contributed by atoms with Gasteiger partial charge in [0.1, 0.15) is 12.6 Å². The van der Waals surface area contributed by atoms with Crippen LogP contribution in [0.25, 0.3) is 0 Å². The molecule has 8 nitrogen and oxygen atoms in total. The highest BCUT2D eigenvalue weighted by Gasteiger charge is 2.41. The Bertz CT molecular complexity index is 969. The molecule has 1 saturated carbocycles. The van der Waals surface area contributed by atoms with Gasteiger partial charge in [0.15, 0.2) is 0 Å². The van der Waals surface area contributed by atoms with Gasteiger partial charge in [0, 0.05) is 25.7 Å². The smallest absolute Gasteiger partial charge is 0.250 e. The van der Waals surface area contributed by atoms with Gasteiger partial charge in [-0.2, -0.15) is 4.31 Å². The van der Waals surface area contributed by atoms with Gasteiger partial charge in [-0.25, -0.2) is 8.42 Å². The molecule has 4 aliphatic rings. The summed E-state index contributed by atoms with van der Waals surface area (Å²) >= 11 is 0. The quantitative estimate of drug-likeness (QED) is 0.761. The van der Waals surface area contributed by atoms with Crippen molar-refractivity contribution >= 4 is 33.2 Å². The Hall–Kier alpha value is -2.13. The molecule has 2 amide bonds. The SMILES string of the molecule is O=C(CN1C(=O)[C@@H]2CCCCN2c2ccc(S(=O)(=O)N3CCCC3)cc21)NC1CC1. The molecule has 1 N–H and O–H groups in total. The summed E-state index contributed by atoms with van der Waals surface area (Å²) in [5.74, 6) is -0.294. The summed E-state index contributed by atoms with van der Waals surface area (Å²) in [4.78, 5) is 29.6. The first-order valence-corrected chi connectivity index (χ1v) is 12.4. The summed E-state index contributed by atoms with van der Waals surface area (Å²) in [6, 6.07) is 4.99. The second kappa shape index (κ2) is 7.53. The minimum atomic E-state index is -3.60. The van der Waals surface area contributed by atoms with Crippen molar-refractivity contribution in [1.82, 2.24) is 9.62 Å². The number of sulfonamides is 1. The standard InChI is InChI=1S/C21H28N4O4S/c26-20(22-15-6-7-15)14-25-19-13-16(30(28,29)23-10-3-4-11-23)8-9-17(19)24-12-2-1-5-18(24)21(25)27/h8-9,13,15,18H,1-7,10-12,14H2,(H,22,26)/t18-/m0/s1. The summed E-state index contributed by atoms with van der Waals surface area (Å²) < 4.78 is 27.7. The number of anilines is 2. The van der Waals surface area contributed by atoms with Gasteiger partial charge in [0.25, 0.3) is 0 Å². The number of carbonyl (C=O) groups is 2. The van der Waals surface area contributed by atoms with Gasteiger partial charge in [0.05, 0.1) is 16.3 Å². The first kappa shape index (κ1) is 19.8. The number of hydrogen-bond acceptors (Lipinski definition) is 5. The minimum Gasteiger partial charge on any atom is -0.358 e. The minimum absolute atomic E-state index is 0.0696. The lowest BCUT2D eigenvalue weighted by molar-refractivity contribution is -0.125. The number of fused-ring (bicyclic) bond motifs is 3. The largest absolute Gasteiger partial charge is 0.358 e. The van der Waals surface area contributed by atoms with Crippen molar-refractivity contribution < 1.29 is 18.0 Å². The predicted molar refractivity (Wildman–Crippen MR) is 113 cm³/mol. The molecular weight excluding hydrogens is 404 g/mol. The number of hydrogen-bond donors (Lipinski definition) is 1. The van der Waals surface area contributed by atoms with E-state index in [2.05, 4.69) is 10.2 Å². The third kappa shape index (κ3) is 3.47. The Balaban J connectivity index is 1.52. The van der Waals surface area contributed by atoms with Crippen LogP contribution in [0.1, 0.15) is 44.9 Å². The maximum atomic E-state index is 13.3. The highest BCUT2D eigenvalue weighted by Crippen LogP contribution is 2.41. The van der Waals surface area contributed by atoms with Gasteiger partial charge in [-0.1, -0.05) is 0 Å². The lowest BCUT2D eigenvalue weighted by Gasteiger charge is -2.45. The summed E-state index contributed by atoms with van der Waals surface area (Å²) in [6.45, 7) is 1.75. The molecule has 0 aromatic heterocycles. The maximum absolute atomic E-state index is 13.3. The van der Waals surface area contributed by atoms with Crippen LogP contribution in [-0.2, 0) is 19.6 Å². The Morgan fingerprint density at radius 3 is 2.47 bits per heavy atom. The molecule has 0 radical (unpaired) electrons. The first-order valence-electron chi connectivity index (χ1n) is 11.0. The van der Waals surface area contributed by atoms with Crippen molar-refractivity contribution in [2.24, 2.45) is 0 Å². The second-order valence-corrected chi connectivity index (χ2v) is 10.7. The predicted octanol–water partition coefficient (Wildman–Crippen LogP) is 1.46. The number of rotatable bonds is 5. The van der Waals surface area contributed by atoms with E-state index >= 15 is 0 Å². The van der Waals surface area contributed by atoms with E-state index in [4.69, 9.17) is 0 Å². The van der Waals surface area contributed by atoms with Crippen LogP contribution in [-0.4, -0.2) is 62.8 Å². The van der Waals surface area contributed by atoms with Crippen molar-refractivity contribution in [2.45, 2.75) is 61.9 Å². The molecule has 3 aliphatic heterocycles. The average Bonchev–Trinajstić information content (AvgIpc) is 3.37. The molecular formula is C21H28N4O4S. The topological polar surface area (TPSA) is 90.0 Å². The highest BCUT2D eigenvalue weighted by molar-refractivity contribution is 7.89. The first-order chi connectivity index (χ1) is 14.4. The van der Waals surface area contributed by atoms with Crippen molar-refractivity contribution in [3.63, 3.8) is 0 Å². The molecule has 1 atom stereocenters. The van der Waals surface area contributed by atoms with E-state index in [9.17, 15) is 18.0 Å². The molecule has 1 aliphatic carbocycles. The third-order valence-corrected chi connectivity index (χ3v) is 8.44. The normalized spacial score (nSPS) is 24.5. The molecule has 9 heteroatoms. The number of nitrogens with one attached hydrogen (secondary N) is 1. The number of carbonyl (C=O) groups excluding carboxylic acids is 2. The van der Waals surface area contributed by atoms with Crippen LogP contribution in [0.15, 0.2) is 23.1 Å². The van der Waals surface area contributed by atoms with E-state index < -0.39 is 10.0 Å². The van der Waals surface area contributed by atoms with Gasteiger partial charge in [-0.15, -0.1) is 0 Å². The summed E-state index contributed by atoms with van der Waals surface area (Å²) in [5, 5.41) is 2.94. The fourth-order valence-corrected chi connectivity index (χ4v) is 6.32. The fraction of sp³-hybridized carbons (Fsp3) is 0.619. The monoisotopic (exact) mass is 432 g/mol. The van der Waals surface area contributed by atoms with Crippen LogP contribution in [0, 0.1) is 0 Å². The number of nitrogens with zero attached hydrogens (tertiary/aromatic N) is 3. The zero-order chi connectivity index (χ0) is 20.9. The fourth-order valence-electron chi connectivity index (χ4n) is 4.78. The van der Waals surface area contributed by atoms with E-state index in [0.29, 0.717) is 18.8 Å². The number of piperidine rings is 1. The molecule has 1 aromatic carbocycles. The molecule has 0 unspecified atom stereocenters. The maximum Gasteiger partial charge on any atom is 0.250 e. The van der Waals surface area contributed by atoms with E-state index in [-0.39, 0.29) is 35.3 Å².